The molecule has 1 amide bonds. The summed E-state index contributed by atoms with van der Waals surface area (Å²) < 4.78 is 10.2. The first-order valence-electron chi connectivity index (χ1n) is 14.4. The van der Waals surface area contributed by atoms with Crippen LogP contribution in [0.4, 0.5) is 23.3 Å². The second-order valence-corrected chi connectivity index (χ2v) is 10.0. The van der Waals surface area contributed by atoms with Crippen molar-refractivity contribution in [3.63, 3.8) is 0 Å². The molecule has 0 saturated heterocycles. The summed E-state index contributed by atoms with van der Waals surface area (Å²) in [5.41, 5.74) is 15.3. The van der Waals surface area contributed by atoms with Crippen LogP contribution >= 0.6 is 0 Å². The highest BCUT2D eigenvalue weighted by Gasteiger charge is 2.21. The molecule has 0 aliphatic carbocycles. The van der Waals surface area contributed by atoms with Gasteiger partial charge in [-0.25, -0.2) is 15.3 Å². The summed E-state index contributed by atoms with van der Waals surface area (Å²) in [6.45, 7) is 6.65. The minimum atomic E-state index is -0.482. The molecule has 0 spiro atoms. The number of hydrogen-bond acceptors (Lipinski definition) is 13. The first-order chi connectivity index (χ1) is 21.7. The molecule has 45 heavy (non-hydrogen) atoms. The summed E-state index contributed by atoms with van der Waals surface area (Å²) in [5.74, 6) is 0.565. The van der Waals surface area contributed by atoms with Crippen LogP contribution in [0.3, 0.4) is 0 Å². The monoisotopic (exact) mass is 618 g/mol. The van der Waals surface area contributed by atoms with Gasteiger partial charge < -0.3 is 20.5 Å². The quantitative estimate of drug-likeness (QED) is 0.116. The maximum absolute atomic E-state index is 13.0. The van der Waals surface area contributed by atoms with Gasteiger partial charge in [-0.3, -0.25) is 28.9 Å². The van der Waals surface area contributed by atoms with Crippen molar-refractivity contribution < 1.29 is 14.0 Å². The second kappa shape index (κ2) is 13.0. The van der Waals surface area contributed by atoms with Gasteiger partial charge in [-0.2, -0.15) is 9.97 Å². The van der Waals surface area contributed by atoms with Crippen LogP contribution in [0.2, 0.25) is 0 Å². The Kier molecular flexibility index (Phi) is 8.89. The standard InChI is InChI=1S/C28H34N12O5/c1-5-8-13-44-37-22-19(29)21(30)32-27(33-22)34-24(41)15-9-11-16(12-10-15)25-36-35-18(45-25)14-17-31-23-20(38(17)4)26(42)40(7-3)28(43)39(23)6-2/h9-12H,5-8,13-14,29H2,1-4H3,(H4,30,32,33,34,37,41). The Labute approximate surface area is 256 Å². The molecule has 0 aliphatic rings. The van der Waals surface area contributed by atoms with Gasteiger partial charge in [-0.05, 0) is 44.5 Å². The zero-order valence-electron chi connectivity index (χ0n) is 25.3. The lowest BCUT2D eigenvalue weighted by molar-refractivity contribution is 0.102. The van der Waals surface area contributed by atoms with Gasteiger partial charge in [0, 0.05) is 31.3 Å². The maximum atomic E-state index is 13.0. The van der Waals surface area contributed by atoms with E-state index in [-0.39, 0.29) is 48.0 Å². The molecule has 0 fully saturated rings. The molecular weight excluding hydrogens is 584 g/mol. The van der Waals surface area contributed by atoms with Crippen LogP contribution in [0.25, 0.3) is 22.6 Å². The first-order valence-corrected chi connectivity index (χ1v) is 14.4. The summed E-state index contributed by atoms with van der Waals surface area (Å²) in [6.07, 6.45) is 1.92. The van der Waals surface area contributed by atoms with E-state index in [2.05, 4.69) is 35.9 Å². The SMILES string of the molecule is CCCCONc1nc(NC(=O)c2ccc(-c3nnc(Cc4nc5c(c(=O)n(CC)c(=O)n5CC)n4C)o3)cc2)nc(N)c1N. The number of rotatable bonds is 12. The normalized spacial score (nSPS) is 11.3. The van der Waals surface area contributed by atoms with Crippen LogP contribution in [0.1, 0.15) is 55.7 Å². The number of nitrogen functional groups attached to an aromatic ring is 2. The molecular formula is C28H34N12O5. The number of nitrogens with two attached hydrogens (primary N) is 2. The molecule has 4 aromatic heterocycles. The van der Waals surface area contributed by atoms with Crippen LogP contribution in [0.15, 0.2) is 38.3 Å². The molecule has 5 aromatic rings. The molecule has 5 rings (SSSR count). The fourth-order valence-corrected chi connectivity index (χ4v) is 4.60. The zero-order valence-corrected chi connectivity index (χ0v) is 25.3. The Balaban J connectivity index is 1.30. The van der Waals surface area contributed by atoms with Gasteiger partial charge in [0.05, 0.1) is 13.0 Å². The summed E-state index contributed by atoms with van der Waals surface area (Å²) >= 11 is 0. The van der Waals surface area contributed by atoms with Gasteiger partial charge >= 0.3 is 5.69 Å². The summed E-state index contributed by atoms with van der Waals surface area (Å²) in [6, 6.07) is 6.47. The first kappa shape index (κ1) is 30.9. The number of hydrogen-bond donors (Lipinski definition) is 4. The molecule has 4 heterocycles. The average molecular weight is 619 g/mol. The van der Waals surface area contributed by atoms with Crippen molar-refractivity contribution in [2.24, 2.45) is 7.05 Å². The summed E-state index contributed by atoms with van der Waals surface area (Å²) in [5, 5.41) is 10.9. The highest BCUT2D eigenvalue weighted by molar-refractivity contribution is 6.03. The Morgan fingerprint density at radius 2 is 1.73 bits per heavy atom. The fraction of sp³-hybridized carbons (Fsp3) is 0.357. The number of carbonyl (C=O) groups excluding carboxylic acids is 1. The Morgan fingerprint density at radius 3 is 2.42 bits per heavy atom. The number of amides is 1. The number of aryl methyl sites for hydroxylation is 2. The molecule has 0 aliphatic heterocycles. The van der Waals surface area contributed by atoms with Crippen molar-refractivity contribution in [3.8, 4) is 11.5 Å². The predicted octanol–water partition coefficient (Wildman–Crippen LogP) is 1.93. The van der Waals surface area contributed by atoms with E-state index >= 15 is 0 Å². The van der Waals surface area contributed by atoms with Gasteiger partial charge in [0.2, 0.25) is 17.7 Å². The topological polar surface area (TPSA) is 229 Å². The van der Waals surface area contributed by atoms with E-state index in [1.54, 1.807) is 42.8 Å². The molecule has 0 unspecified atom stereocenters. The zero-order chi connectivity index (χ0) is 32.2. The van der Waals surface area contributed by atoms with Gasteiger partial charge in [0.15, 0.2) is 22.8 Å². The predicted molar refractivity (Wildman–Crippen MR) is 166 cm³/mol. The number of nitrogens with one attached hydrogen (secondary N) is 2. The second-order valence-electron chi connectivity index (χ2n) is 10.0. The summed E-state index contributed by atoms with van der Waals surface area (Å²) in [4.78, 5) is 56.7. The number of aromatic nitrogens is 8. The van der Waals surface area contributed by atoms with E-state index in [1.165, 1.54) is 9.13 Å². The minimum absolute atomic E-state index is 0.0131. The smallest absolute Gasteiger partial charge is 0.332 e. The van der Waals surface area contributed by atoms with Gasteiger partial charge in [-0.1, -0.05) is 13.3 Å². The minimum Gasteiger partial charge on any atom is -0.420 e. The van der Waals surface area contributed by atoms with Crippen LogP contribution < -0.4 is 33.5 Å². The number of anilines is 4. The molecule has 17 nitrogen and oxygen atoms in total. The highest BCUT2D eigenvalue weighted by atomic mass is 16.6. The van der Waals surface area contributed by atoms with E-state index in [0.29, 0.717) is 41.3 Å². The molecule has 0 saturated carbocycles. The molecule has 0 atom stereocenters. The van der Waals surface area contributed by atoms with E-state index < -0.39 is 17.2 Å². The third kappa shape index (κ3) is 6.10. The van der Waals surface area contributed by atoms with Gasteiger partial charge in [0.1, 0.15) is 11.5 Å². The lowest BCUT2D eigenvalue weighted by atomic mass is 10.1. The lowest BCUT2D eigenvalue weighted by Crippen LogP contribution is -2.39. The van der Waals surface area contributed by atoms with Crippen LogP contribution in [0.5, 0.6) is 0 Å². The molecule has 1 aromatic carbocycles. The van der Waals surface area contributed by atoms with E-state index in [1.807, 2.05) is 13.8 Å². The Bertz CT molecular complexity index is 1970. The number of nitrogens with zero attached hydrogens (tertiary/aromatic N) is 8. The van der Waals surface area contributed by atoms with E-state index in [4.69, 9.17) is 20.7 Å². The van der Waals surface area contributed by atoms with E-state index in [0.717, 1.165) is 12.8 Å². The molecule has 6 N–H and O–H groups in total. The molecule has 0 radical (unpaired) electrons. The van der Waals surface area contributed by atoms with Crippen LogP contribution in [0, 0.1) is 0 Å². The van der Waals surface area contributed by atoms with E-state index in [9.17, 15) is 14.4 Å². The van der Waals surface area contributed by atoms with Crippen molar-refractivity contribution in [1.82, 2.24) is 38.9 Å². The number of fused-ring (bicyclic) bond motifs is 1. The third-order valence-electron chi connectivity index (χ3n) is 7.11. The van der Waals surface area contributed by atoms with Gasteiger partial charge in [-0.15, -0.1) is 10.2 Å². The number of carbonyl (C=O) groups is 1. The summed E-state index contributed by atoms with van der Waals surface area (Å²) in [7, 11) is 1.71. The number of unbranched alkanes of at least 4 members (excludes halogenated alkanes) is 1. The molecule has 0 bridgehead atoms. The van der Waals surface area contributed by atoms with Crippen LogP contribution in [-0.2, 0) is 31.4 Å². The highest BCUT2D eigenvalue weighted by Crippen LogP contribution is 2.24. The van der Waals surface area contributed by atoms with Crippen molar-refractivity contribution in [2.45, 2.75) is 53.1 Å². The largest absolute Gasteiger partial charge is 0.420 e. The Morgan fingerprint density at radius 1 is 1.00 bits per heavy atom. The number of imidazole rings is 1. The molecule has 17 heteroatoms. The van der Waals surface area contributed by atoms with Crippen LogP contribution in [-0.4, -0.2) is 51.4 Å². The van der Waals surface area contributed by atoms with Crippen molar-refractivity contribution in [1.29, 1.82) is 0 Å². The Hall–Kier alpha value is -5.58. The van der Waals surface area contributed by atoms with Crippen molar-refractivity contribution in [3.05, 3.63) is 62.4 Å². The number of benzene rings is 1. The lowest BCUT2D eigenvalue weighted by Gasteiger charge is -2.12. The average Bonchev–Trinajstić information content (AvgIpc) is 3.62. The van der Waals surface area contributed by atoms with Gasteiger partial charge in [0.25, 0.3) is 11.5 Å². The fourth-order valence-electron chi connectivity index (χ4n) is 4.60. The maximum Gasteiger partial charge on any atom is 0.332 e. The van der Waals surface area contributed by atoms with Crippen molar-refractivity contribution in [2.75, 3.05) is 28.9 Å². The van der Waals surface area contributed by atoms with Crippen molar-refractivity contribution >= 4 is 40.3 Å². The molecule has 236 valence electrons. The third-order valence-corrected chi connectivity index (χ3v) is 7.11.